The van der Waals surface area contributed by atoms with E-state index in [-0.39, 0.29) is 0 Å². The highest BCUT2D eigenvalue weighted by Crippen LogP contribution is 2.06. The molecule has 3 nitrogen and oxygen atoms in total. The summed E-state index contributed by atoms with van der Waals surface area (Å²) in [5.41, 5.74) is 5.39. The number of unbranched alkanes of at least 4 members (excludes halogenated alkanes) is 5. The SMILES string of the molecule is CCCCCC(O)OCCCCCCN. The Morgan fingerprint density at radius 1 is 1.07 bits per heavy atom. The lowest BCUT2D eigenvalue weighted by molar-refractivity contribution is -0.105. The van der Waals surface area contributed by atoms with E-state index in [0.29, 0.717) is 6.61 Å². The predicted molar refractivity (Wildman–Crippen MR) is 63.6 cm³/mol. The Morgan fingerprint density at radius 3 is 2.47 bits per heavy atom. The third-order valence-electron chi connectivity index (χ3n) is 2.46. The maximum Gasteiger partial charge on any atom is 0.154 e. The molecule has 0 fully saturated rings. The summed E-state index contributed by atoms with van der Waals surface area (Å²) in [6.45, 7) is 3.61. The first-order valence-electron chi connectivity index (χ1n) is 6.31. The summed E-state index contributed by atoms with van der Waals surface area (Å²) in [7, 11) is 0. The molecule has 0 aromatic heterocycles. The van der Waals surface area contributed by atoms with Gasteiger partial charge < -0.3 is 15.6 Å². The molecular weight excluding hydrogens is 190 g/mol. The highest BCUT2D eigenvalue weighted by atomic mass is 16.6. The fourth-order valence-corrected chi connectivity index (χ4v) is 1.47. The molecule has 0 aliphatic heterocycles. The molecule has 0 amide bonds. The van der Waals surface area contributed by atoms with Crippen molar-refractivity contribution in [2.75, 3.05) is 13.2 Å². The minimum Gasteiger partial charge on any atom is -0.368 e. The Kier molecular flexibility index (Phi) is 11.9. The van der Waals surface area contributed by atoms with Gasteiger partial charge in [0.1, 0.15) is 0 Å². The Morgan fingerprint density at radius 2 is 1.80 bits per heavy atom. The largest absolute Gasteiger partial charge is 0.368 e. The molecule has 0 saturated heterocycles. The van der Waals surface area contributed by atoms with Crippen molar-refractivity contribution in [1.29, 1.82) is 0 Å². The number of nitrogens with two attached hydrogens (primary N) is 1. The quantitative estimate of drug-likeness (QED) is 0.413. The van der Waals surface area contributed by atoms with E-state index >= 15 is 0 Å². The summed E-state index contributed by atoms with van der Waals surface area (Å²) in [4.78, 5) is 0. The van der Waals surface area contributed by atoms with Gasteiger partial charge >= 0.3 is 0 Å². The molecule has 0 aliphatic carbocycles. The van der Waals surface area contributed by atoms with Crippen molar-refractivity contribution >= 4 is 0 Å². The third-order valence-corrected chi connectivity index (χ3v) is 2.46. The van der Waals surface area contributed by atoms with Crippen LogP contribution in [0.15, 0.2) is 0 Å². The topological polar surface area (TPSA) is 55.5 Å². The van der Waals surface area contributed by atoms with Crippen LogP contribution in [-0.4, -0.2) is 24.5 Å². The van der Waals surface area contributed by atoms with Gasteiger partial charge in [-0.25, -0.2) is 0 Å². The second-order valence-electron chi connectivity index (χ2n) is 4.02. The maximum atomic E-state index is 9.44. The molecular formula is C12H27NO2. The lowest BCUT2D eigenvalue weighted by atomic mass is 10.2. The zero-order chi connectivity index (χ0) is 11.4. The van der Waals surface area contributed by atoms with Gasteiger partial charge in [0, 0.05) is 6.61 Å². The smallest absolute Gasteiger partial charge is 0.154 e. The molecule has 0 aliphatic rings. The first-order valence-corrected chi connectivity index (χ1v) is 6.31. The number of hydrogen-bond donors (Lipinski definition) is 2. The van der Waals surface area contributed by atoms with E-state index < -0.39 is 6.29 Å². The van der Waals surface area contributed by atoms with Crippen molar-refractivity contribution in [2.45, 2.75) is 64.6 Å². The Labute approximate surface area is 94.0 Å². The van der Waals surface area contributed by atoms with Crippen LogP contribution in [0.25, 0.3) is 0 Å². The van der Waals surface area contributed by atoms with Crippen LogP contribution in [0.1, 0.15) is 58.3 Å². The lowest BCUT2D eigenvalue weighted by Crippen LogP contribution is -2.12. The van der Waals surface area contributed by atoms with Crippen LogP contribution in [0.3, 0.4) is 0 Å². The molecule has 0 aromatic carbocycles. The number of rotatable bonds is 11. The van der Waals surface area contributed by atoms with E-state index in [4.69, 9.17) is 10.5 Å². The third kappa shape index (κ3) is 11.8. The zero-order valence-electron chi connectivity index (χ0n) is 10.1. The summed E-state index contributed by atoms with van der Waals surface area (Å²) < 4.78 is 5.29. The van der Waals surface area contributed by atoms with Gasteiger partial charge in [0.05, 0.1) is 0 Å². The molecule has 0 spiro atoms. The van der Waals surface area contributed by atoms with Gasteiger partial charge in [-0.05, 0) is 32.2 Å². The molecule has 3 heteroatoms. The van der Waals surface area contributed by atoms with Crippen LogP contribution in [-0.2, 0) is 4.74 Å². The van der Waals surface area contributed by atoms with Gasteiger partial charge in [-0.15, -0.1) is 0 Å². The zero-order valence-corrected chi connectivity index (χ0v) is 10.1. The van der Waals surface area contributed by atoms with Crippen LogP contribution in [0.4, 0.5) is 0 Å². The number of aliphatic hydroxyl groups is 1. The van der Waals surface area contributed by atoms with Crippen molar-refractivity contribution in [3.63, 3.8) is 0 Å². The van der Waals surface area contributed by atoms with Gasteiger partial charge in [-0.1, -0.05) is 32.6 Å². The van der Waals surface area contributed by atoms with Gasteiger partial charge in [-0.3, -0.25) is 0 Å². The van der Waals surface area contributed by atoms with E-state index in [0.717, 1.165) is 38.6 Å². The molecule has 0 heterocycles. The monoisotopic (exact) mass is 217 g/mol. The second-order valence-corrected chi connectivity index (χ2v) is 4.02. The summed E-state index contributed by atoms with van der Waals surface area (Å²) in [5, 5.41) is 9.44. The number of aliphatic hydroxyl groups excluding tert-OH is 1. The first kappa shape index (κ1) is 14.9. The molecule has 15 heavy (non-hydrogen) atoms. The van der Waals surface area contributed by atoms with E-state index in [1.807, 2.05) is 0 Å². The molecule has 0 saturated carbocycles. The van der Waals surface area contributed by atoms with E-state index in [9.17, 15) is 5.11 Å². The maximum absolute atomic E-state index is 9.44. The summed E-state index contributed by atoms with van der Waals surface area (Å²) in [6.07, 6.45) is 8.10. The fraction of sp³-hybridized carbons (Fsp3) is 1.00. The standard InChI is InChI=1S/C12H27NO2/c1-2-3-6-9-12(14)15-11-8-5-4-7-10-13/h12,14H,2-11,13H2,1H3. The van der Waals surface area contributed by atoms with Crippen LogP contribution in [0.5, 0.6) is 0 Å². The normalized spacial score (nSPS) is 13.0. The second kappa shape index (κ2) is 12.0. The average molecular weight is 217 g/mol. The molecule has 0 bridgehead atoms. The van der Waals surface area contributed by atoms with E-state index in [2.05, 4.69) is 6.92 Å². The van der Waals surface area contributed by atoms with Crippen LogP contribution in [0, 0.1) is 0 Å². The fourth-order valence-electron chi connectivity index (χ4n) is 1.47. The lowest BCUT2D eigenvalue weighted by Gasteiger charge is -2.11. The Hall–Kier alpha value is -0.120. The highest BCUT2D eigenvalue weighted by molar-refractivity contribution is 4.46. The minimum absolute atomic E-state index is 0.550. The summed E-state index contributed by atoms with van der Waals surface area (Å²) in [5.74, 6) is 0. The van der Waals surface area contributed by atoms with Crippen LogP contribution < -0.4 is 5.73 Å². The van der Waals surface area contributed by atoms with Crippen molar-refractivity contribution < 1.29 is 9.84 Å². The van der Waals surface area contributed by atoms with Crippen molar-refractivity contribution in [3.05, 3.63) is 0 Å². The Bertz CT molecular complexity index is 120. The summed E-state index contributed by atoms with van der Waals surface area (Å²) >= 11 is 0. The predicted octanol–water partition coefficient (Wildman–Crippen LogP) is 2.42. The van der Waals surface area contributed by atoms with E-state index in [1.54, 1.807) is 0 Å². The van der Waals surface area contributed by atoms with Crippen molar-refractivity contribution in [2.24, 2.45) is 5.73 Å². The number of hydrogen-bond acceptors (Lipinski definition) is 3. The Balaban J connectivity index is 3.06. The molecule has 92 valence electrons. The van der Waals surface area contributed by atoms with Crippen molar-refractivity contribution in [1.82, 2.24) is 0 Å². The van der Waals surface area contributed by atoms with Crippen molar-refractivity contribution in [3.8, 4) is 0 Å². The first-order chi connectivity index (χ1) is 7.31. The molecule has 0 rings (SSSR count). The number of ether oxygens (including phenoxy) is 1. The van der Waals surface area contributed by atoms with Gasteiger partial charge in [0.25, 0.3) is 0 Å². The molecule has 0 aromatic rings. The van der Waals surface area contributed by atoms with Gasteiger partial charge in [0.15, 0.2) is 6.29 Å². The van der Waals surface area contributed by atoms with Crippen LogP contribution in [0.2, 0.25) is 0 Å². The van der Waals surface area contributed by atoms with Gasteiger partial charge in [-0.2, -0.15) is 0 Å². The van der Waals surface area contributed by atoms with Crippen LogP contribution >= 0.6 is 0 Å². The molecule has 1 atom stereocenters. The molecule has 1 unspecified atom stereocenters. The minimum atomic E-state index is -0.550. The molecule has 3 N–H and O–H groups in total. The molecule has 0 radical (unpaired) electrons. The van der Waals surface area contributed by atoms with E-state index in [1.165, 1.54) is 19.3 Å². The summed E-state index contributed by atoms with van der Waals surface area (Å²) in [6, 6.07) is 0. The highest BCUT2D eigenvalue weighted by Gasteiger charge is 2.02. The average Bonchev–Trinajstić information content (AvgIpc) is 2.23. The van der Waals surface area contributed by atoms with Gasteiger partial charge in [0.2, 0.25) is 0 Å².